The first-order valence-corrected chi connectivity index (χ1v) is 34.2. The molecule has 450 valence electrons. The Labute approximate surface area is 478 Å². The van der Waals surface area contributed by atoms with E-state index < -0.39 is 20.0 Å². The van der Waals surface area contributed by atoms with Crippen molar-refractivity contribution in [3.63, 3.8) is 0 Å². The minimum absolute atomic E-state index is 0.0116. The monoisotopic (exact) mass is 1100 g/mol. The van der Waals surface area contributed by atoms with Crippen molar-refractivity contribution in [1.29, 1.82) is 0 Å². The number of aliphatic hydroxyl groups excluding tert-OH is 1. The number of rotatable bonds is 60. The van der Waals surface area contributed by atoms with Gasteiger partial charge in [0, 0.05) is 6.42 Å². The number of likely N-dealkylation sites (N-methyl/N-ethyl adjacent to an activating group) is 1. The normalized spacial score (nSPS) is 14.2. The highest BCUT2D eigenvalue weighted by Gasteiger charge is 2.24. The van der Waals surface area contributed by atoms with E-state index in [2.05, 4.69) is 92.1 Å². The number of unbranched alkanes of at least 4 members (excludes halogenated alkanes) is 35. The van der Waals surface area contributed by atoms with Crippen LogP contribution in [0, 0.1) is 0 Å². The van der Waals surface area contributed by atoms with E-state index in [0.717, 1.165) is 77.0 Å². The molecule has 0 aromatic heterocycles. The molecule has 9 heteroatoms. The van der Waals surface area contributed by atoms with Gasteiger partial charge in [-0.15, -0.1) is 0 Å². The molecule has 0 radical (unpaired) electrons. The van der Waals surface area contributed by atoms with Crippen molar-refractivity contribution in [1.82, 2.24) is 5.32 Å². The van der Waals surface area contributed by atoms with Crippen molar-refractivity contribution in [3.05, 3.63) is 72.9 Å². The Morgan fingerprint density at radius 1 is 0.468 bits per heavy atom. The molecule has 8 nitrogen and oxygen atoms in total. The summed E-state index contributed by atoms with van der Waals surface area (Å²) in [7, 11) is 1.31. The molecule has 0 heterocycles. The van der Waals surface area contributed by atoms with Crippen LogP contribution >= 0.6 is 7.82 Å². The molecule has 0 aromatic rings. The van der Waals surface area contributed by atoms with Gasteiger partial charge in [0.05, 0.1) is 39.9 Å². The van der Waals surface area contributed by atoms with Crippen LogP contribution in [0.4, 0.5) is 0 Å². The van der Waals surface area contributed by atoms with Gasteiger partial charge in [0.15, 0.2) is 0 Å². The third-order valence-electron chi connectivity index (χ3n) is 14.7. The van der Waals surface area contributed by atoms with Crippen LogP contribution in [-0.2, 0) is 18.4 Å². The minimum Gasteiger partial charge on any atom is -0.756 e. The number of aliphatic hydroxyl groups is 1. The number of allylic oxidation sites excluding steroid dienone is 12. The number of hydrogen-bond acceptors (Lipinski definition) is 6. The van der Waals surface area contributed by atoms with Gasteiger partial charge in [0.2, 0.25) is 5.91 Å². The zero-order valence-electron chi connectivity index (χ0n) is 51.4. The van der Waals surface area contributed by atoms with Crippen LogP contribution in [0.3, 0.4) is 0 Å². The van der Waals surface area contributed by atoms with E-state index in [1.54, 1.807) is 0 Å². The van der Waals surface area contributed by atoms with Gasteiger partial charge in [-0.25, -0.2) is 0 Å². The van der Waals surface area contributed by atoms with Crippen molar-refractivity contribution in [2.45, 2.75) is 315 Å². The van der Waals surface area contributed by atoms with E-state index in [9.17, 15) is 19.4 Å². The highest BCUT2D eigenvalue weighted by atomic mass is 31.2. The molecule has 0 rings (SSSR count). The van der Waals surface area contributed by atoms with Crippen LogP contribution < -0.4 is 10.2 Å². The largest absolute Gasteiger partial charge is 0.756 e. The average Bonchev–Trinajstić information content (AvgIpc) is 3.39. The Hall–Kier alpha value is -2.06. The number of amides is 1. The van der Waals surface area contributed by atoms with E-state index in [0.29, 0.717) is 23.9 Å². The molecule has 0 aliphatic heterocycles. The summed E-state index contributed by atoms with van der Waals surface area (Å²) < 4.78 is 23.5. The Balaban J connectivity index is 4.03. The summed E-state index contributed by atoms with van der Waals surface area (Å²) in [6.45, 7) is 4.64. The van der Waals surface area contributed by atoms with Gasteiger partial charge in [-0.3, -0.25) is 9.36 Å². The number of nitrogens with zero attached hydrogens (tertiary/aromatic N) is 1. The summed E-state index contributed by atoms with van der Waals surface area (Å²) >= 11 is 0. The first-order valence-electron chi connectivity index (χ1n) is 32.8. The minimum atomic E-state index is -4.58. The molecule has 1 amide bonds. The van der Waals surface area contributed by atoms with Gasteiger partial charge < -0.3 is 28.8 Å². The number of phosphoric acid groups is 1. The number of phosphoric ester groups is 1. The highest BCUT2D eigenvalue weighted by molar-refractivity contribution is 7.45. The molecular weight excluding hydrogens is 972 g/mol. The standard InChI is InChI=1S/C68H127N2O6P/c1-6-8-10-12-14-16-18-20-22-24-26-28-29-30-31-32-33-34-35-36-37-38-39-40-41-42-44-46-48-50-52-54-56-58-60-62-68(72)69-66(65-76-77(73,74)75-64-63-70(3,4)5)67(71)61-59-57-55-53-51-49-47-45-43-27-25-23-21-19-17-15-13-11-9-7-2/h8,10,14,16,20,22,26,28,30-31,33-34,66-67,71H,6-7,9,11-13,15,17-19,21,23-25,27,29,32,35-65H2,1-5H3,(H-,69,72,73,74)/b10-8-,16-14-,22-20-,28-26-,31-30-,34-33-. The molecule has 0 saturated carbocycles. The second-order valence-electron chi connectivity index (χ2n) is 23.4. The van der Waals surface area contributed by atoms with Crippen LogP contribution in [0.1, 0.15) is 303 Å². The lowest BCUT2D eigenvalue weighted by Gasteiger charge is -2.30. The summed E-state index contributed by atoms with van der Waals surface area (Å²) in [5, 5.41) is 14.1. The van der Waals surface area contributed by atoms with Crippen molar-refractivity contribution in [3.8, 4) is 0 Å². The van der Waals surface area contributed by atoms with Gasteiger partial charge in [-0.05, 0) is 64.2 Å². The maximum absolute atomic E-state index is 13.0. The van der Waals surface area contributed by atoms with Crippen molar-refractivity contribution < 1.29 is 32.9 Å². The van der Waals surface area contributed by atoms with Gasteiger partial charge >= 0.3 is 0 Å². The molecule has 0 aliphatic rings. The number of nitrogens with one attached hydrogen (secondary N) is 1. The first-order chi connectivity index (χ1) is 37.5. The molecular formula is C68H127N2O6P. The fourth-order valence-corrected chi connectivity index (χ4v) is 10.4. The van der Waals surface area contributed by atoms with E-state index in [-0.39, 0.29) is 19.1 Å². The lowest BCUT2D eigenvalue weighted by molar-refractivity contribution is -0.870. The van der Waals surface area contributed by atoms with Crippen molar-refractivity contribution in [2.75, 3.05) is 40.9 Å². The topological polar surface area (TPSA) is 108 Å². The van der Waals surface area contributed by atoms with E-state index >= 15 is 0 Å². The molecule has 0 spiro atoms. The first kappa shape index (κ1) is 74.9. The summed E-state index contributed by atoms with van der Waals surface area (Å²) in [5.74, 6) is -0.162. The Morgan fingerprint density at radius 3 is 1.16 bits per heavy atom. The van der Waals surface area contributed by atoms with Crippen LogP contribution in [0.15, 0.2) is 72.9 Å². The summed E-state index contributed by atoms with van der Waals surface area (Å²) in [6.07, 6.45) is 81.0. The Bertz CT molecular complexity index is 1480. The maximum Gasteiger partial charge on any atom is 0.268 e. The third-order valence-corrected chi connectivity index (χ3v) is 15.7. The van der Waals surface area contributed by atoms with Crippen LogP contribution in [-0.4, -0.2) is 68.5 Å². The predicted octanol–water partition coefficient (Wildman–Crippen LogP) is 20.0. The second-order valence-corrected chi connectivity index (χ2v) is 24.9. The summed E-state index contributed by atoms with van der Waals surface area (Å²) in [4.78, 5) is 25.6. The van der Waals surface area contributed by atoms with Gasteiger partial charge in [0.1, 0.15) is 13.2 Å². The average molecular weight is 1100 g/mol. The molecule has 0 fully saturated rings. The predicted molar refractivity (Wildman–Crippen MR) is 334 cm³/mol. The number of hydrogen-bond donors (Lipinski definition) is 2. The lowest BCUT2D eigenvalue weighted by Crippen LogP contribution is -2.46. The zero-order valence-corrected chi connectivity index (χ0v) is 52.3. The van der Waals surface area contributed by atoms with Crippen LogP contribution in [0.5, 0.6) is 0 Å². The third kappa shape index (κ3) is 61.4. The molecule has 2 N–H and O–H groups in total. The number of carbonyl (C=O) groups is 1. The Kier molecular flexibility index (Phi) is 57.0. The molecule has 0 aromatic carbocycles. The van der Waals surface area contributed by atoms with Crippen LogP contribution in [0.2, 0.25) is 0 Å². The SMILES string of the molecule is CC/C=C\C/C=C\C/C=C\C/C=C\C/C=C\C/C=C\CCCCCCCCCCCCCCCCCCC(=O)NC(COP(=O)([O-])OCC[N+](C)(C)C)C(O)CCCCCCCCCCCCCCCCCCCCCC. The van der Waals surface area contributed by atoms with Gasteiger partial charge in [0.25, 0.3) is 7.82 Å². The summed E-state index contributed by atoms with van der Waals surface area (Å²) in [6, 6.07) is -0.804. The molecule has 0 bridgehead atoms. The van der Waals surface area contributed by atoms with E-state index in [1.807, 2.05) is 21.1 Å². The van der Waals surface area contributed by atoms with Gasteiger partial charge in [-0.2, -0.15) is 0 Å². The smallest absolute Gasteiger partial charge is 0.268 e. The van der Waals surface area contributed by atoms with Crippen LogP contribution in [0.25, 0.3) is 0 Å². The lowest BCUT2D eigenvalue weighted by atomic mass is 10.0. The molecule has 3 unspecified atom stereocenters. The van der Waals surface area contributed by atoms with E-state index in [1.165, 1.54) is 199 Å². The number of quaternary nitrogens is 1. The van der Waals surface area contributed by atoms with Crippen molar-refractivity contribution in [2.24, 2.45) is 0 Å². The molecule has 0 saturated heterocycles. The quantitative estimate of drug-likeness (QED) is 0.0272. The maximum atomic E-state index is 13.0. The molecule has 0 aliphatic carbocycles. The highest BCUT2D eigenvalue weighted by Crippen LogP contribution is 2.38. The fraction of sp³-hybridized carbons (Fsp3) is 0.809. The molecule has 77 heavy (non-hydrogen) atoms. The second kappa shape index (κ2) is 58.6. The Morgan fingerprint density at radius 2 is 0.792 bits per heavy atom. The van der Waals surface area contributed by atoms with Gasteiger partial charge in [-0.1, -0.05) is 305 Å². The zero-order chi connectivity index (χ0) is 56.3. The summed E-state index contributed by atoms with van der Waals surface area (Å²) in [5.41, 5.74) is 0. The number of carbonyl (C=O) groups excluding carboxylic acids is 1. The fourth-order valence-electron chi connectivity index (χ4n) is 9.64. The van der Waals surface area contributed by atoms with Crippen molar-refractivity contribution >= 4 is 13.7 Å². The molecule has 3 atom stereocenters. The van der Waals surface area contributed by atoms with E-state index in [4.69, 9.17) is 9.05 Å².